The lowest BCUT2D eigenvalue weighted by molar-refractivity contribution is -0.386. The van der Waals surface area contributed by atoms with E-state index in [4.69, 9.17) is 4.74 Å². The van der Waals surface area contributed by atoms with Crippen molar-refractivity contribution >= 4 is 17.5 Å². The number of aryl methyl sites for hydroxylation is 1. The first kappa shape index (κ1) is 17.9. The number of ether oxygens (including phenoxy) is 1. The lowest BCUT2D eigenvalue weighted by atomic mass is 10.2. The summed E-state index contributed by atoms with van der Waals surface area (Å²) in [6.07, 6.45) is -1.04. The fourth-order valence-corrected chi connectivity index (χ4v) is 2.00. The Morgan fingerprint density at radius 2 is 1.80 bits per heavy atom. The summed E-state index contributed by atoms with van der Waals surface area (Å²) in [5, 5.41) is 11.1. The van der Waals surface area contributed by atoms with E-state index in [1.807, 2.05) is 0 Å². The lowest BCUT2D eigenvalue weighted by Crippen LogP contribution is -2.47. The summed E-state index contributed by atoms with van der Waals surface area (Å²) in [5.74, 6) is -1.14. The molecule has 1 atom stereocenters. The molecule has 0 unspecified atom stereocenters. The van der Waals surface area contributed by atoms with Crippen molar-refractivity contribution in [3.8, 4) is 5.75 Å². The van der Waals surface area contributed by atoms with Gasteiger partial charge in [0.05, 0.1) is 4.92 Å². The second-order valence-corrected chi connectivity index (χ2v) is 5.30. The molecule has 0 aliphatic rings. The van der Waals surface area contributed by atoms with E-state index in [1.165, 1.54) is 19.1 Å². The predicted molar refractivity (Wildman–Crippen MR) is 90.0 cm³/mol. The van der Waals surface area contributed by atoms with Crippen LogP contribution in [0.15, 0.2) is 48.5 Å². The third-order valence-electron chi connectivity index (χ3n) is 3.32. The molecule has 130 valence electrons. The zero-order valence-corrected chi connectivity index (χ0v) is 13.7. The van der Waals surface area contributed by atoms with Gasteiger partial charge in [-0.15, -0.1) is 0 Å². The number of amides is 2. The van der Waals surface area contributed by atoms with E-state index in [0.29, 0.717) is 11.1 Å². The second kappa shape index (κ2) is 7.91. The molecule has 8 nitrogen and oxygen atoms in total. The maximum Gasteiger partial charge on any atom is 0.311 e. The quantitative estimate of drug-likeness (QED) is 0.638. The Bertz CT molecular complexity index is 792. The molecule has 0 aromatic heterocycles. The molecule has 25 heavy (non-hydrogen) atoms. The van der Waals surface area contributed by atoms with E-state index in [9.17, 15) is 19.7 Å². The van der Waals surface area contributed by atoms with Gasteiger partial charge in [-0.2, -0.15) is 0 Å². The van der Waals surface area contributed by atoms with Crippen LogP contribution in [-0.4, -0.2) is 22.8 Å². The van der Waals surface area contributed by atoms with Crippen LogP contribution in [0.2, 0.25) is 0 Å². The van der Waals surface area contributed by atoms with Crippen molar-refractivity contribution in [3.63, 3.8) is 0 Å². The maximum atomic E-state index is 12.0. The van der Waals surface area contributed by atoms with Crippen molar-refractivity contribution in [2.45, 2.75) is 20.0 Å². The standard InChI is InChI=1S/C17H17N3O5/c1-11-8-9-15(14(10-11)20(23)24)25-12(2)16(21)18-19-17(22)13-6-4-3-5-7-13/h3-10,12H,1-2H3,(H,18,21)(H,19,22)/t12-/m1/s1. The molecule has 0 bridgehead atoms. The van der Waals surface area contributed by atoms with Crippen molar-refractivity contribution in [2.75, 3.05) is 0 Å². The monoisotopic (exact) mass is 343 g/mol. The largest absolute Gasteiger partial charge is 0.474 e. The van der Waals surface area contributed by atoms with Crippen LogP contribution < -0.4 is 15.6 Å². The van der Waals surface area contributed by atoms with Gasteiger partial charge in [-0.25, -0.2) is 0 Å². The van der Waals surface area contributed by atoms with Gasteiger partial charge in [-0.05, 0) is 37.6 Å². The van der Waals surface area contributed by atoms with E-state index >= 15 is 0 Å². The third kappa shape index (κ3) is 4.77. The molecule has 2 amide bonds. The fourth-order valence-electron chi connectivity index (χ4n) is 2.00. The number of nitrogens with zero attached hydrogens (tertiary/aromatic N) is 1. The summed E-state index contributed by atoms with van der Waals surface area (Å²) >= 11 is 0. The van der Waals surface area contributed by atoms with Crippen LogP contribution in [0.3, 0.4) is 0 Å². The Morgan fingerprint density at radius 3 is 2.44 bits per heavy atom. The molecule has 2 N–H and O–H groups in total. The van der Waals surface area contributed by atoms with Crippen molar-refractivity contribution in [1.82, 2.24) is 10.9 Å². The molecule has 0 aliphatic carbocycles. The minimum absolute atomic E-state index is 0.0207. The Hall–Kier alpha value is -3.42. The zero-order valence-electron chi connectivity index (χ0n) is 13.7. The molecule has 2 rings (SSSR count). The molecule has 8 heteroatoms. The van der Waals surface area contributed by atoms with Gasteiger partial charge >= 0.3 is 5.69 Å². The number of carbonyl (C=O) groups is 2. The molecule has 0 aliphatic heterocycles. The summed E-state index contributed by atoms with van der Waals surface area (Å²) in [6, 6.07) is 12.8. The number of rotatable bonds is 5. The molecule has 0 spiro atoms. The van der Waals surface area contributed by atoms with E-state index in [0.717, 1.165) is 0 Å². The summed E-state index contributed by atoms with van der Waals surface area (Å²) < 4.78 is 5.36. The number of hydrazine groups is 1. The van der Waals surface area contributed by atoms with Crippen molar-refractivity contribution in [1.29, 1.82) is 0 Å². The molecule has 2 aromatic carbocycles. The maximum absolute atomic E-state index is 12.0. The van der Waals surface area contributed by atoms with E-state index in [2.05, 4.69) is 10.9 Å². The topological polar surface area (TPSA) is 111 Å². The van der Waals surface area contributed by atoms with Crippen LogP contribution in [0.1, 0.15) is 22.8 Å². The van der Waals surface area contributed by atoms with Crippen LogP contribution in [0.4, 0.5) is 5.69 Å². The number of benzene rings is 2. The molecule has 0 saturated carbocycles. The van der Waals surface area contributed by atoms with Gasteiger partial charge in [0, 0.05) is 11.6 Å². The van der Waals surface area contributed by atoms with Gasteiger partial charge in [-0.1, -0.05) is 24.3 Å². The Balaban J connectivity index is 1.97. The van der Waals surface area contributed by atoms with E-state index in [1.54, 1.807) is 43.3 Å². The highest BCUT2D eigenvalue weighted by Gasteiger charge is 2.21. The number of hydrogen-bond donors (Lipinski definition) is 2. The second-order valence-electron chi connectivity index (χ2n) is 5.30. The van der Waals surface area contributed by atoms with Gasteiger partial charge in [0.2, 0.25) is 0 Å². The number of nitro benzene ring substituents is 1. The third-order valence-corrected chi connectivity index (χ3v) is 3.32. The van der Waals surface area contributed by atoms with E-state index < -0.39 is 22.8 Å². The molecule has 0 fully saturated rings. The lowest BCUT2D eigenvalue weighted by Gasteiger charge is -2.15. The van der Waals surface area contributed by atoms with Crippen molar-refractivity contribution in [2.24, 2.45) is 0 Å². The van der Waals surface area contributed by atoms with Crippen molar-refractivity contribution < 1.29 is 19.2 Å². The normalized spacial score (nSPS) is 11.3. The van der Waals surface area contributed by atoms with Gasteiger partial charge in [0.15, 0.2) is 11.9 Å². The summed E-state index contributed by atoms with van der Waals surface area (Å²) in [7, 11) is 0. The molecular formula is C17H17N3O5. The molecular weight excluding hydrogens is 326 g/mol. The minimum Gasteiger partial charge on any atom is -0.474 e. The average molecular weight is 343 g/mol. The van der Waals surface area contributed by atoms with Crippen LogP contribution in [0.5, 0.6) is 5.75 Å². The molecule has 0 heterocycles. The van der Waals surface area contributed by atoms with Gasteiger partial charge in [0.25, 0.3) is 11.8 Å². The Morgan fingerprint density at radius 1 is 1.12 bits per heavy atom. The van der Waals surface area contributed by atoms with Crippen LogP contribution >= 0.6 is 0 Å². The number of nitrogens with one attached hydrogen (secondary N) is 2. The smallest absolute Gasteiger partial charge is 0.311 e. The SMILES string of the molecule is Cc1ccc(O[C@H](C)C(=O)NNC(=O)c2ccccc2)c([N+](=O)[O-])c1. The average Bonchev–Trinajstić information content (AvgIpc) is 2.61. The van der Waals surface area contributed by atoms with E-state index in [-0.39, 0.29) is 11.4 Å². The summed E-state index contributed by atoms with van der Waals surface area (Å²) in [5.41, 5.74) is 5.34. The number of carbonyl (C=O) groups excluding carboxylic acids is 2. The molecule has 2 aromatic rings. The van der Waals surface area contributed by atoms with Crippen molar-refractivity contribution in [3.05, 3.63) is 69.8 Å². The Kier molecular flexibility index (Phi) is 5.67. The van der Waals surface area contributed by atoms with Crippen LogP contribution in [0, 0.1) is 17.0 Å². The first-order valence-electron chi connectivity index (χ1n) is 7.45. The van der Waals surface area contributed by atoms with Gasteiger partial charge in [-0.3, -0.25) is 30.6 Å². The highest BCUT2D eigenvalue weighted by Crippen LogP contribution is 2.28. The fraction of sp³-hybridized carbons (Fsp3) is 0.176. The van der Waals surface area contributed by atoms with Gasteiger partial charge in [0.1, 0.15) is 0 Å². The first-order valence-corrected chi connectivity index (χ1v) is 7.45. The van der Waals surface area contributed by atoms with Crippen LogP contribution in [-0.2, 0) is 4.79 Å². The number of hydrogen-bond acceptors (Lipinski definition) is 5. The highest BCUT2D eigenvalue weighted by molar-refractivity contribution is 5.95. The Labute approximate surface area is 143 Å². The molecule has 0 saturated heterocycles. The molecule has 0 radical (unpaired) electrons. The minimum atomic E-state index is -1.04. The zero-order chi connectivity index (χ0) is 18.4. The highest BCUT2D eigenvalue weighted by atomic mass is 16.6. The predicted octanol–water partition coefficient (Wildman–Crippen LogP) is 2.13. The number of nitro groups is 1. The summed E-state index contributed by atoms with van der Waals surface area (Å²) in [4.78, 5) is 34.4. The first-order chi connectivity index (χ1) is 11.9. The van der Waals surface area contributed by atoms with Gasteiger partial charge < -0.3 is 4.74 Å². The summed E-state index contributed by atoms with van der Waals surface area (Å²) in [6.45, 7) is 3.14. The van der Waals surface area contributed by atoms with Crippen LogP contribution in [0.25, 0.3) is 0 Å².